The Labute approximate surface area is 290 Å². The molecular formula is C33H32F9N5O5. The molecule has 0 aliphatic carbocycles. The van der Waals surface area contributed by atoms with Crippen molar-refractivity contribution in [3.05, 3.63) is 76.1 Å². The highest BCUT2D eigenvalue weighted by atomic mass is 19.4. The maximum atomic E-state index is 13.9. The molecule has 1 fully saturated rings. The highest BCUT2D eigenvalue weighted by Crippen LogP contribution is 2.43. The van der Waals surface area contributed by atoms with Crippen LogP contribution < -0.4 is 15.1 Å². The van der Waals surface area contributed by atoms with E-state index in [4.69, 9.17) is 14.6 Å². The molecule has 10 nitrogen and oxygen atoms in total. The van der Waals surface area contributed by atoms with Crippen molar-refractivity contribution in [2.75, 3.05) is 48.0 Å². The molecule has 1 amide bonds. The summed E-state index contributed by atoms with van der Waals surface area (Å²) in [6, 6.07) is 2.27. The molecule has 0 unspecified atom stereocenters. The van der Waals surface area contributed by atoms with Crippen molar-refractivity contribution in [2.24, 2.45) is 0 Å². The smallest absolute Gasteiger partial charge is 0.416 e. The number of fused-ring (bicyclic) bond motifs is 1. The number of aliphatic carboxylic acids is 1. The van der Waals surface area contributed by atoms with Gasteiger partial charge in [0, 0.05) is 25.6 Å². The maximum absolute atomic E-state index is 13.9. The molecular weight excluding hydrogens is 717 g/mol. The van der Waals surface area contributed by atoms with Gasteiger partial charge >= 0.3 is 30.6 Å². The molecule has 0 radical (unpaired) electrons. The summed E-state index contributed by atoms with van der Waals surface area (Å²) >= 11 is 0. The number of nitrogens with one attached hydrogen (secondary N) is 1. The Kier molecular flexibility index (Phi) is 11.1. The normalized spacial score (nSPS) is 18.2. The number of anilines is 3. The number of carboxylic acid groups (broad SMARTS) is 1. The minimum absolute atomic E-state index is 0.00861. The Hall–Kier alpha value is -4.81. The first-order valence-electron chi connectivity index (χ1n) is 16.0. The van der Waals surface area contributed by atoms with Crippen molar-refractivity contribution >= 4 is 29.4 Å². The number of carbonyl (C=O) groups excluding carboxylic acids is 1. The summed E-state index contributed by atoms with van der Waals surface area (Å²) in [5.74, 6) is -1.42. The van der Waals surface area contributed by atoms with E-state index in [0.29, 0.717) is 30.9 Å². The van der Waals surface area contributed by atoms with Crippen LogP contribution in [-0.4, -0.2) is 66.1 Å². The molecule has 0 bridgehead atoms. The number of benzene rings is 2. The number of halogens is 9. The molecule has 2 atom stereocenters. The number of amides is 1. The second-order valence-electron chi connectivity index (χ2n) is 12.1. The van der Waals surface area contributed by atoms with Crippen molar-refractivity contribution in [1.29, 1.82) is 0 Å². The Balaban J connectivity index is 1.55. The third-order valence-corrected chi connectivity index (χ3v) is 8.59. The molecule has 282 valence electrons. The number of morpholine rings is 1. The van der Waals surface area contributed by atoms with Crippen molar-refractivity contribution in [1.82, 2.24) is 9.97 Å². The quantitative estimate of drug-likeness (QED) is 0.212. The molecule has 3 aromatic rings. The van der Waals surface area contributed by atoms with E-state index < -0.39 is 78.8 Å². The van der Waals surface area contributed by atoms with E-state index in [1.165, 1.54) is 6.20 Å². The Morgan fingerprint density at radius 2 is 1.56 bits per heavy atom. The minimum atomic E-state index is -5.09. The number of carbonyl (C=O) groups is 2. The maximum Gasteiger partial charge on any atom is 0.416 e. The Morgan fingerprint density at radius 3 is 2.13 bits per heavy atom. The van der Waals surface area contributed by atoms with Gasteiger partial charge in [-0.1, -0.05) is 6.92 Å². The molecule has 1 aromatic heterocycles. The van der Waals surface area contributed by atoms with Crippen LogP contribution in [0.15, 0.2) is 42.6 Å². The number of ether oxygens (including phenoxy) is 2. The Morgan fingerprint density at radius 1 is 0.923 bits per heavy atom. The first-order valence-corrected chi connectivity index (χ1v) is 16.0. The summed E-state index contributed by atoms with van der Waals surface area (Å²) in [6.45, 7) is 2.40. The fourth-order valence-electron chi connectivity index (χ4n) is 6.11. The average Bonchev–Trinajstić information content (AvgIpc) is 3.07. The molecule has 0 saturated carbocycles. The molecule has 2 aromatic carbocycles. The zero-order valence-corrected chi connectivity index (χ0v) is 27.3. The van der Waals surface area contributed by atoms with Gasteiger partial charge in [-0.3, -0.25) is 9.69 Å². The fourth-order valence-corrected chi connectivity index (χ4v) is 6.11. The van der Waals surface area contributed by atoms with Gasteiger partial charge in [-0.25, -0.2) is 14.8 Å². The van der Waals surface area contributed by atoms with Crippen LogP contribution in [0.5, 0.6) is 0 Å². The second-order valence-corrected chi connectivity index (χ2v) is 12.1. The fraction of sp³-hybridized carbons (Fsp3) is 0.455. The lowest BCUT2D eigenvalue weighted by atomic mass is 9.89. The van der Waals surface area contributed by atoms with Crippen LogP contribution in [0.3, 0.4) is 0 Å². The van der Waals surface area contributed by atoms with Crippen LogP contribution in [0.1, 0.15) is 65.7 Å². The van der Waals surface area contributed by atoms with Gasteiger partial charge < -0.3 is 24.8 Å². The van der Waals surface area contributed by atoms with Crippen molar-refractivity contribution in [3.8, 4) is 0 Å². The van der Waals surface area contributed by atoms with E-state index in [1.807, 2.05) is 0 Å². The van der Waals surface area contributed by atoms with E-state index >= 15 is 0 Å². The first-order chi connectivity index (χ1) is 24.3. The number of aromatic nitrogens is 2. The zero-order valence-electron chi connectivity index (χ0n) is 27.3. The molecule has 2 N–H and O–H groups in total. The summed E-state index contributed by atoms with van der Waals surface area (Å²) in [7, 11) is 0. The summed E-state index contributed by atoms with van der Waals surface area (Å²) in [6.07, 6.45) is -15.3. The summed E-state index contributed by atoms with van der Waals surface area (Å²) in [5.41, 5.74) is -4.01. The summed E-state index contributed by atoms with van der Waals surface area (Å²) < 4.78 is 134. The highest BCUT2D eigenvalue weighted by molar-refractivity contribution is 5.90. The van der Waals surface area contributed by atoms with Gasteiger partial charge in [-0.05, 0) is 60.4 Å². The summed E-state index contributed by atoms with van der Waals surface area (Å²) in [5, 5.41) is 11.9. The van der Waals surface area contributed by atoms with Crippen LogP contribution in [0.2, 0.25) is 0 Å². The molecule has 2 aliphatic rings. The van der Waals surface area contributed by atoms with Gasteiger partial charge in [0.05, 0.1) is 65.6 Å². The monoisotopic (exact) mass is 749 g/mol. The molecule has 2 aliphatic heterocycles. The Bertz CT molecular complexity index is 1750. The third-order valence-electron chi connectivity index (χ3n) is 8.59. The second kappa shape index (κ2) is 15.0. The van der Waals surface area contributed by atoms with Gasteiger partial charge in [0.1, 0.15) is 6.61 Å². The van der Waals surface area contributed by atoms with Crippen LogP contribution in [-0.2, 0) is 39.2 Å². The van der Waals surface area contributed by atoms with Crippen LogP contribution >= 0.6 is 0 Å². The number of hydrogen-bond acceptors (Lipinski definition) is 8. The number of rotatable bonds is 9. The van der Waals surface area contributed by atoms with Crippen LogP contribution in [0.4, 0.5) is 61.6 Å². The first kappa shape index (κ1) is 38.4. The van der Waals surface area contributed by atoms with E-state index in [0.717, 1.165) is 23.1 Å². The SMILES string of the molecule is CC[C@@H]1C[C@H](Nc2ncc(N3CCOCC3)c(Cc3cc(C(F)(F)F)cc(C(F)(F)F)c3)n2)c2cc(C(F)(F)F)ccc2N1C(=O)OCCC(=O)O. The number of alkyl halides is 9. The number of nitrogens with zero attached hydrogens (tertiary/aromatic N) is 4. The van der Waals surface area contributed by atoms with Crippen molar-refractivity contribution < 1.29 is 63.7 Å². The van der Waals surface area contributed by atoms with Gasteiger partial charge in [-0.2, -0.15) is 39.5 Å². The van der Waals surface area contributed by atoms with E-state index in [2.05, 4.69) is 15.3 Å². The average molecular weight is 750 g/mol. The lowest BCUT2D eigenvalue weighted by Gasteiger charge is -2.40. The van der Waals surface area contributed by atoms with Crippen LogP contribution in [0, 0.1) is 0 Å². The van der Waals surface area contributed by atoms with E-state index in [9.17, 15) is 49.1 Å². The van der Waals surface area contributed by atoms with Crippen LogP contribution in [0.25, 0.3) is 0 Å². The number of carboxylic acids is 1. The molecule has 3 heterocycles. The van der Waals surface area contributed by atoms with Gasteiger partial charge in [0.25, 0.3) is 0 Å². The molecule has 5 rings (SSSR count). The molecule has 52 heavy (non-hydrogen) atoms. The zero-order chi connectivity index (χ0) is 38.0. The minimum Gasteiger partial charge on any atom is -0.481 e. The van der Waals surface area contributed by atoms with Gasteiger partial charge in [0.15, 0.2) is 0 Å². The van der Waals surface area contributed by atoms with Crippen molar-refractivity contribution in [2.45, 2.75) is 63.2 Å². The molecule has 1 saturated heterocycles. The lowest BCUT2D eigenvalue weighted by molar-refractivity contribution is -0.143. The summed E-state index contributed by atoms with van der Waals surface area (Å²) in [4.78, 5) is 35.8. The van der Waals surface area contributed by atoms with Crippen molar-refractivity contribution in [3.63, 3.8) is 0 Å². The van der Waals surface area contributed by atoms with Gasteiger partial charge in [0.2, 0.25) is 5.95 Å². The highest BCUT2D eigenvalue weighted by Gasteiger charge is 2.40. The standard InChI is InChI=1S/C33H32F9N5O5/c1-2-22-16-24(23-15-19(31(34,35)36)3-4-26(23)47(22)30(50)52-8-5-28(48)49)44-29-43-17-27(46-6-9-51-10-7-46)25(45-29)13-18-11-20(32(37,38)39)14-21(12-18)33(40,41)42/h3-4,11-12,14-15,17,22,24H,2,5-10,13,16H2,1H3,(H,48,49)(H,43,44,45)/t22-,24+/m1/s1. The van der Waals surface area contributed by atoms with E-state index in [1.54, 1.807) is 11.8 Å². The number of hydrogen-bond donors (Lipinski definition) is 2. The van der Waals surface area contributed by atoms with Gasteiger partial charge in [-0.15, -0.1) is 0 Å². The largest absolute Gasteiger partial charge is 0.481 e. The lowest BCUT2D eigenvalue weighted by Crippen LogP contribution is -2.46. The molecule has 19 heteroatoms. The predicted molar refractivity (Wildman–Crippen MR) is 167 cm³/mol. The predicted octanol–water partition coefficient (Wildman–Crippen LogP) is 7.71. The van der Waals surface area contributed by atoms with E-state index in [-0.39, 0.29) is 60.6 Å². The third kappa shape index (κ3) is 8.97. The topological polar surface area (TPSA) is 117 Å². The molecule has 0 spiro atoms.